The summed E-state index contributed by atoms with van der Waals surface area (Å²) in [6.07, 6.45) is 17.7. The minimum absolute atomic E-state index is 0. The third-order valence-corrected chi connectivity index (χ3v) is 14.1. The van der Waals surface area contributed by atoms with E-state index >= 15 is 0 Å². The van der Waals surface area contributed by atoms with Gasteiger partial charge in [0.2, 0.25) is 0 Å². The Morgan fingerprint density at radius 1 is 0.884 bits per heavy atom. The Morgan fingerprint density at radius 2 is 1.58 bits per heavy atom. The van der Waals surface area contributed by atoms with Crippen LogP contribution in [0.2, 0.25) is 0 Å². The van der Waals surface area contributed by atoms with Crippen molar-refractivity contribution in [1.29, 1.82) is 0 Å². The number of ether oxygens (including phenoxy) is 2. The van der Waals surface area contributed by atoms with Gasteiger partial charge in [-0.05, 0) is 119 Å². The van der Waals surface area contributed by atoms with Crippen molar-refractivity contribution in [2.45, 2.75) is 148 Å². The van der Waals surface area contributed by atoms with Crippen LogP contribution in [0, 0.1) is 34.5 Å². The molecular weight excluding hydrogens is 604 g/mol. The second-order valence-corrected chi connectivity index (χ2v) is 16.4. The Hall–Kier alpha value is -0.660. The molecule has 7 heteroatoms. The van der Waals surface area contributed by atoms with E-state index < -0.39 is 0 Å². The van der Waals surface area contributed by atoms with Crippen molar-refractivity contribution in [3.63, 3.8) is 0 Å². The molecule has 4 saturated carbocycles. The zero-order chi connectivity index (χ0) is 29.7. The molecule has 6 aliphatic rings. The van der Waals surface area contributed by atoms with Gasteiger partial charge < -0.3 is 30.9 Å². The summed E-state index contributed by atoms with van der Waals surface area (Å²) < 4.78 is 13.8. The lowest BCUT2D eigenvalue weighted by molar-refractivity contribution is -0.940. The number of fused-ring (bicyclic) bond motifs is 5. The zero-order valence-electron chi connectivity index (χ0n) is 28.0. The normalized spacial score (nSPS) is 44.2. The van der Waals surface area contributed by atoms with Crippen LogP contribution in [0.15, 0.2) is 0 Å². The highest BCUT2D eigenvalue weighted by Crippen LogP contribution is 2.67. The highest BCUT2D eigenvalue weighted by Gasteiger charge is 2.67. The summed E-state index contributed by atoms with van der Waals surface area (Å²) in [5.41, 5.74) is 0.372. The van der Waals surface area contributed by atoms with Crippen molar-refractivity contribution in [1.82, 2.24) is 4.90 Å². The Kier molecular flexibility index (Phi) is 10.4. The molecule has 0 bridgehead atoms. The molecule has 0 aromatic rings. The minimum Gasteiger partial charge on any atom is -1.00 e. The first-order valence-corrected chi connectivity index (χ1v) is 18.0. The third kappa shape index (κ3) is 6.11. The van der Waals surface area contributed by atoms with Gasteiger partial charge in [-0.25, -0.2) is 0 Å². The summed E-state index contributed by atoms with van der Waals surface area (Å²) in [5.74, 6) is 2.63. The molecule has 10 unspecified atom stereocenters. The van der Waals surface area contributed by atoms with Crippen molar-refractivity contribution in [3.8, 4) is 0 Å². The Bertz CT molecular complexity index is 996. The van der Waals surface area contributed by atoms with E-state index in [-0.39, 0.29) is 46.5 Å². The highest BCUT2D eigenvalue weighted by molar-refractivity contribution is 5.69. The molecule has 246 valence electrons. The van der Waals surface area contributed by atoms with E-state index in [0.717, 1.165) is 36.3 Å². The first-order valence-electron chi connectivity index (χ1n) is 18.0. The van der Waals surface area contributed by atoms with Gasteiger partial charge in [-0.1, -0.05) is 27.2 Å². The largest absolute Gasteiger partial charge is 1.00 e. The van der Waals surface area contributed by atoms with E-state index in [1.54, 1.807) is 6.92 Å². The zero-order valence-corrected chi connectivity index (χ0v) is 29.5. The molecule has 0 radical (unpaired) electrons. The summed E-state index contributed by atoms with van der Waals surface area (Å²) in [4.78, 5) is 28.0. The first-order chi connectivity index (χ1) is 20.1. The number of likely N-dealkylation sites (N-methyl/N-ethyl adjacent to an activating group) is 1. The number of nitrogens with zero attached hydrogens (tertiary/aromatic N) is 2. The van der Waals surface area contributed by atoms with Crippen LogP contribution in [0.5, 0.6) is 0 Å². The van der Waals surface area contributed by atoms with Crippen molar-refractivity contribution < 1.29 is 40.5 Å². The number of rotatable bonds is 6. The Labute approximate surface area is 272 Å². The van der Waals surface area contributed by atoms with Crippen LogP contribution in [-0.2, 0) is 19.1 Å². The molecule has 0 spiro atoms. The maximum Gasteiger partial charge on any atom is 0.306 e. The molecule has 0 amide bonds. The van der Waals surface area contributed by atoms with Gasteiger partial charge in [0.05, 0.1) is 20.1 Å². The van der Waals surface area contributed by atoms with Crippen LogP contribution >= 0.6 is 0 Å². The van der Waals surface area contributed by atoms with Crippen LogP contribution in [0.4, 0.5) is 0 Å². The second-order valence-electron chi connectivity index (χ2n) is 16.4. The fourth-order valence-electron chi connectivity index (χ4n) is 11.9. The van der Waals surface area contributed by atoms with Crippen molar-refractivity contribution in [2.24, 2.45) is 34.5 Å². The van der Waals surface area contributed by atoms with E-state index in [9.17, 15) is 9.59 Å². The predicted molar refractivity (Wildman–Crippen MR) is 166 cm³/mol. The predicted octanol–water partition coefficient (Wildman–Crippen LogP) is 3.75. The second kappa shape index (κ2) is 13.2. The monoisotopic (exact) mass is 664 g/mol. The van der Waals surface area contributed by atoms with Crippen LogP contribution in [0.1, 0.15) is 124 Å². The number of quaternary nitrogens is 1. The Morgan fingerprint density at radius 3 is 2.26 bits per heavy atom. The smallest absolute Gasteiger partial charge is 0.306 e. The quantitative estimate of drug-likeness (QED) is 0.320. The molecule has 0 N–H and O–H groups in total. The standard InChI is InChI=1S/C36H61N2O4.BrH/c1-6-13-33(40)42-34-31(38(5)20-11-8-12-21-38)23-29-27-15-14-26-22-32(41-25(2)39)30(37-18-9-7-10-19-37)24-36(26,4)28(27)16-17-35(29,34)3;/h26-32,34H,6-24H2,1-5H3;1H/q+1;/p-1. The Balaban J connectivity index is 0.00000368. The van der Waals surface area contributed by atoms with Gasteiger partial charge in [-0.3, -0.25) is 14.5 Å². The van der Waals surface area contributed by atoms with Crippen molar-refractivity contribution >= 4 is 11.9 Å². The van der Waals surface area contributed by atoms with Gasteiger partial charge >= 0.3 is 11.9 Å². The number of piperidine rings is 2. The number of hydrogen-bond acceptors (Lipinski definition) is 5. The summed E-state index contributed by atoms with van der Waals surface area (Å²) >= 11 is 0. The molecule has 2 heterocycles. The highest BCUT2D eigenvalue weighted by atomic mass is 79.9. The lowest BCUT2D eigenvalue weighted by atomic mass is 9.44. The molecule has 2 aliphatic heterocycles. The molecule has 0 aromatic heterocycles. The van der Waals surface area contributed by atoms with E-state index in [4.69, 9.17) is 9.47 Å². The van der Waals surface area contributed by atoms with Gasteiger partial charge in [0.25, 0.3) is 0 Å². The topological polar surface area (TPSA) is 55.8 Å². The SMILES string of the molecule is CCCC(=O)OC1C([N+]2(C)CCCCC2)CC2C3CCC4CC(OC(C)=O)C(N5CCCCC5)CC4(C)C3CCC21C.[Br-]. The molecule has 43 heavy (non-hydrogen) atoms. The summed E-state index contributed by atoms with van der Waals surface area (Å²) in [6, 6.07) is 0.797. The van der Waals surface area contributed by atoms with Crippen LogP contribution in [0.25, 0.3) is 0 Å². The molecule has 6 rings (SSSR count). The average molecular weight is 666 g/mol. The molecule has 6 nitrogen and oxygen atoms in total. The third-order valence-electron chi connectivity index (χ3n) is 14.1. The number of carbonyl (C=O) groups excluding carboxylic acids is 2. The van der Waals surface area contributed by atoms with Crippen molar-refractivity contribution in [2.75, 3.05) is 33.2 Å². The minimum atomic E-state index is -0.109. The maximum absolute atomic E-state index is 13.1. The van der Waals surface area contributed by atoms with Gasteiger partial charge in [0, 0.05) is 31.2 Å². The van der Waals surface area contributed by atoms with Crippen LogP contribution in [0.3, 0.4) is 0 Å². The first kappa shape index (κ1) is 33.7. The molecule has 4 aliphatic carbocycles. The maximum atomic E-state index is 13.1. The molecule has 0 aromatic carbocycles. The van der Waals surface area contributed by atoms with Crippen LogP contribution < -0.4 is 17.0 Å². The van der Waals surface area contributed by atoms with Gasteiger partial charge in [-0.2, -0.15) is 0 Å². The van der Waals surface area contributed by atoms with E-state index in [0.29, 0.717) is 41.7 Å². The summed E-state index contributed by atoms with van der Waals surface area (Å²) in [6.45, 7) is 13.6. The average Bonchev–Trinajstić information content (AvgIpc) is 3.26. The number of likely N-dealkylation sites (tertiary alicyclic amines) is 2. The van der Waals surface area contributed by atoms with E-state index in [1.807, 2.05) is 0 Å². The molecular formula is C36H61BrN2O4. The molecule has 2 saturated heterocycles. The number of esters is 2. The van der Waals surface area contributed by atoms with Gasteiger partial charge in [0.15, 0.2) is 6.10 Å². The molecule has 6 fully saturated rings. The number of hydrogen-bond donors (Lipinski definition) is 0. The fraction of sp³-hybridized carbons (Fsp3) is 0.944. The summed E-state index contributed by atoms with van der Waals surface area (Å²) in [5, 5.41) is 0. The number of carbonyl (C=O) groups is 2. The van der Waals surface area contributed by atoms with E-state index in [1.165, 1.54) is 90.1 Å². The fourth-order valence-corrected chi connectivity index (χ4v) is 11.9. The molecule has 10 atom stereocenters. The lowest BCUT2D eigenvalue weighted by Crippen LogP contribution is -3.00. The van der Waals surface area contributed by atoms with Crippen LogP contribution in [-0.4, -0.2) is 78.8 Å². The van der Waals surface area contributed by atoms with E-state index in [2.05, 4.69) is 32.7 Å². The van der Waals surface area contributed by atoms with Gasteiger partial charge in [0.1, 0.15) is 12.1 Å². The lowest BCUT2D eigenvalue weighted by Gasteiger charge is -2.62. The number of halogens is 1. The van der Waals surface area contributed by atoms with Crippen molar-refractivity contribution in [3.05, 3.63) is 0 Å². The summed E-state index contributed by atoms with van der Waals surface area (Å²) in [7, 11) is 2.49. The van der Waals surface area contributed by atoms with Gasteiger partial charge in [-0.15, -0.1) is 0 Å².